The lowest BCUT2D eigenvalue weighted by Gasteiger charge is -2.18. The second kappa shape index (κ2) is 5.87. The maximum absolute atomic E-state index is 11.7. The van der Waals surface area contributed by atoms with Gasteiger partial charge in [-0.3, -0.25) is 4.79 Å². The van der Waals surface area contributed by atoms with E-state index in [2.05, 4.69) is 0 Å². The highest BCUT2D eigenvalue weighted by Crippen LogP contribution is 2.12. The van der Waals surface area contributed by atoms with Gasteiger partial charge in [0.2, 0.25) is 5.91 Å². The first-order valence-electron chi connectivity index (χ1n) is 5.23. The molecule has 16 heavy (non-hydrogen) atoms. The maximum atomic E-state index is 11.7. The van der Waals surface area contributed by atoms with Crippen LogP contribution in [0, 0.1) is 0 Å². The fourth-order valence-electron chi connectivity index (χ4n) is 1.43. The Morgan fingerprint density at radius 1 is 1.56 bits per heavy atom. The third-order valence-corrected chi connectivity index (χ3v) is 2.47. The summed E-state index contributed by atoms with van der Waals surface area (Å²) in [6.07, 6.45) is 0.372. The Hall–Kier alpha value is -1.06. The molecule has 0 aromatic heterocycles. The summed E-state index contributed by atoms with van der Waals surface area (Å²) in [6, 6.07) is 7.39. The Balaban J connectivity index is 2.57. The van der Waals surface area contributed by atoms with E-state index in [0.29, 0.717) is 18.0 Å². The van der Waals surface area contributed by atoms with E-state index in [0.717, 1.165) is 5.56 Å². The molecule has 0 saturated heterocycles. The lowest BCUT2D eigenvalue weighted by atomic mass is 10.2. The van der Waals surface area contributed by atoms with E-state index in [-0.39, 0.29) is 11.9 Å². The third-order valence-electron chi connectivity index (χ3n) is 2.23. The van der Waals surface area contributed by atoms with Crippen molar-refractivity contribution in [3.8, 4) is 0 Å². The number of carbonyl (C=O) groups excluding carboxylic acids is 1. The minimum atomic E-state index is -0.102. The predicted octanol–water partition coefficient (Wildman–Crippen LogP) is 2.04. The minimum absolute atomic E-state index is 0.0509. The molecule has 3 nitrogen and oxygen atoms in total. The highest BCUT2D eigenvalue weighted by Gasteiger charge is 2.11. The lowest BCUT2D eigenvalue weighted by molar-refractivity contribution is -0.130. The van der Waals surface area contributed by atoms with Gasteiger partial charge in [0, 0.05) is 31.1 Å². The van der Waals surface area contributed by atoms with E-state index in [1.54, 1.807) is 11.9 Å². The molecule has 0 heterocycles. The van der Waals surface area contributed by atoms with Gasteiger partial charge in [0.25, 0.3) is 0 Å². The third kappa shape index (κ3) is 4.21. The molecule has 0 fully saturated rings. The number of rotatable bonds is 4. The van der Waals surface area contributed by atoms with Gasteiger partial charge < -0.3 is 10.6 Å². The zero-order valence-corrected chi connectivity index (χ0v) is 10.4. The second-order valence-corrected chi connectivity index (χ2v) is 4.50. The Morgan fingerprint density at radius 2 is 2.25 bits per heavy atom. The summed E-state index contributed by atoms with van der Waals surface area (Å²) in [5, 5.41) is 0.686. The molecule has 4 heteroatoms. The van der Waals surface area contributed by atoms with E-state index in [1.165, 1.54) is 0 Å². The zero-order valence-electron chi connectivity index (χ0n) is 9.61. The Bertz CT molecular complexity index is 366. The summed E-state index contributed by atoms with van der Waals surface area (Å²) < 4.78 is 0. The molecule has 1 aromatic carbocycles. The van der Waals surface area contributed by atoms with Crippen molar-refractivity contribution < 1.29 is 4.79 Å². The summed E-state index contributed by atoms with van der Waals surface area (Å²) in [5.74, 6) is 0.0509. The molecule has 1 atom stereocenters. The molecule has 1 amide bonds. The molecular formula is C12H17ClN2O. The van der Waals surface area contributed by atoms with Crippen LogP contribution in [0.25, 0.3) is 0 Å². The van der Waals surface area contributed by atoms with E-state index in [1.807, 2.05) is 31.2 Å². The van der Waals surface area contributed by atoms with Crippen LogP contribution in [0.5, 0.6) is 0 Å². The molecule has 2 N–H and O–H groups in total. The van der Waals surface area contributed by atoms with Crippen molar-refractivity contribution in [1.29, 1.82) is 0 Å². The first-order valence-corrected chi connectivity index (χ1v) is 5.61. The van der Waals surface area contributed by atoms with Crippen molar-refractivity contribution in [2.45, 2.75) is 25.9 Å². The quantitative estimate of drug-likeness (QED) is 0.876. The summed E-state index contributed by atoms with van der Waals surface area (Å²) in [6.45, 7) is 2.39. The van der Waals surface area contributed by atoms with Crippen LogP contribution in [0.15, 0.2) is 24.3 Å². The SMILES string of the molecule is CC(N)CC(=O)N(C)Cc1cccc(Cl)c1. The topological polar surface area (TPSA) is 46.3 Å². The largest absolute Gasteiger partial charge is 0.341 e. The fraction of sp³-hybridized carbons (Fsp3) is 0.417. The number of carbonyl (C=O) groups is 1. The van der Waals surface area contributed by atoms with E-state index < -0.39 is 0 Å². The monoisotopic (exact) mass is 240 g/mol. The van der Waals surface area contributed by atoms with Crippen molar-refractivity contribution in [1.82, 2.24) is 4.90 Å². The van der Waals surface area contributed by atoms with E-state index >= 15 is 0 Å². The first-order chi connectivity index (χ1) is 7.49. The standard InChI is InChI=1S/C12H17ClN2O/c1-9(14)6-12(16)15(2)8-10-4-3-5-11(13)7-10/h3-5,7,9H,6,8,14H2,1-2H3. The van der Waals surface area contributed by atoms with Crippen LogP contribution in [-0.4, -0.2) is 23.9 Å². The van der Waals surface area contributed by atoms with Crippen LogP contribution in [-0.2, 0) is 11.3 Å². The van der Waals surface area contributed by atoms with Crippen molar-refractivity contribution in [3.05, 3.63) is 34.9 Å². The smallest absolute Gasteiger partial charge is 0.224 e. The average Bonchev–Trinajstić information content (AvgIpc) is 2.16. The Kier molecular flexibility index (Phi) is 4.77. The number of nitrogens with zero attached hydrogens (tertiary/aromatic N) is 1. The summed E-state index contributed by atoms with van der Waals surface area (Å²) in [7, 11) is 1.77. The Morgan fingerprint density at radius 3 is 2.81 bits per heavy atom. The van der Waals surface area contributed by atoms with Crippen LogP contribution >= 0.6 is 11.6 Å². The minimum Gasteiger partial charge on any atom is -0.341 e. The number of hydrogen-bond acceptors (Lipinski definition) is 2. The molecule has 88 valence electrons. The number of benzene rings is 1. The fourth-order valence-corrected chi connectivity index (χ4v) is 1.64. The molecule has 1 aromatic rings. The van der Waals surface area contributed by atoms with Gasteiger partial charge in [0.1, 0.15) is 0 Å². The second-order valence-electron chi connectivity index (χ2n) is 4.06. The highest BCUT2D eigenvalue weighted by molar-refractivity contribution is 6.30. The van der Waals surface area contributed by atoms with Gasteiger partial charge in [0.15, 0.2) is 0 Å². The lowest BCUT2D eigenvalue weighted by Crippen LogP contribution is -2.31. The first kappa shape index (κ1) is 13.0. The van der Waals surface area contributed by atoms with Crippen LogP contribution in [0.3, 0.4) is 0 Å². The molecule has 0 spiro atoms. The molecule has 0 aliphatic heterocycles. The molecule has 1 unspecified atom stereocenters. The molecular weight excluding hydrogens is 224 g/mol. The normalized spacial score (nSPS) is 12.2. The Labute approximate surface area is 101 Å². The van der Waals surface area contributed by atoms with Crippen molar-refractivity contribution in [2.24, 2.45) is 5.73 Å². The van der Waals surface area contributed by atoms with Gasteiger partial charge in [0.05, 0.1) is 0 Å². The highest BCUT2D eigenvalue weighted by atomic mass is 35.5. The van der Waals surface area contributed by atoms with Crippen LogP contribution in [0.2, 0.25) is 5.02 Å². The van der Waals surface area contributed by atoms with Gasteiger partial charge in [-0.05, 0) is 24.6 Å². The number of hydrogen-bond donors (Lipinski definition) is 1. The van der Waals surface area contributed by atoms with E-state index in [9.17, 15) is 4.79 Å². The van der Waals surface area contributed by atoms with Gasteiger partial charge in [-0.1, -0.05) is 23.7 Å². The predicted molar refractivity (Wildman–Crippen MR) is 66.2 cm³/mol. The van der Waals surface area contributed by atoms with E-state index in [4.69, 9.17) is 17.3 Å². The number of nitrogens with two attached hydrogens (primary N) is 1. The molecule has 0 aliphatic rings. The summed E-state index contributed by atoms with van der Waals surface area (Å²) in [4.78, 5) is 13.3. The number of amides is 1. The van der Waals surface area contributed by atoms with Gasteiger partial charge >= 0.3 is 0 Å². The van der Waals surface area contributed by atoms with Gasteiger partial charge in [-0.2, -0.15) is 0 Å². The van der Waals surface area contributed by atoms with Crippen molar-refractivity contribution in [3.63, 3.8) is 0 Å². The molecule has 0 radical (unpaired) electrons. The average molecular weight is 241 g/mol. The summed E-state index contributed by atoms with van der Waals surface area (Å²) in [5.41, 5.74) is 6.60. The summed E-state index contributed by atoms with van der Waals surface area (Å²) >= 11 is 5.87. The van der Waals surface area contributed by atoms with Crippen LogP contribution < -0.4 is 5.73 Å². The van der Waals surface area contributed by atoms with Crippen molar-refractivity contribution in [2.75, 3.05) is 7.05 Å². The van der Waals surface area contributed by atoms with Gasteiger partial charge in [-0.15, -0.1) is 0 Å². The number of halogens is 1. The van der Waals surface area contributed by atoms with Gasteiger partial charge in [-0.25, -0.2) is 0 Å². The van der Waals surface area contributed by atoms with Crippen LogP contribution in [0.4, 0.5) is 0 Å². The zero-order chi connectivity index (χ0) is 12.1. The molecule has 0 bridgehead atoms. The molecule has 1 rings (SSSR count). The molecule has 0 saturated carbocycles. The maximum Gasteiger partial charge on any atom is 0.224 e. The molecule has 0 aliphatic carbocycles. The van der Waals surface area contributed by atoms with Crippen molar-refractivity contribution >= 4 is 17.5 Å². The van der Waals surface area contributed by atoms with Crippen LogP contribution in [0.1, 0.15) is 18.9 Å².